The fourth-order valence-electron chi connectivity index (χ4n) is 2.06. The second-order valence-corrected chi connectivity index (χ2v) is 4.21. The van der Waals surface area contributed by atoms with Gasteiger partial charge in [0.2, 0.25) is 0 Å². The molecule has 0 radical (unpaired) electrons. The van der Waals surface area contributed by atoms with Gasteiger partial charge in [0.15, 0.2) is 0 Å². The molecule has 0 aliphatic heterocycles. The predicted molar refractivity (Wildman–Crippen MR) is 70.5 cm³/mol. The minimum Gasteiger partial charge on any atom is -0.357 e. The van der Waals surface area contributed by atoms with E-state index in [1.54, 1.807) is 21.7 Å². The van der Waals surface area contributed by atoms with Crippen LogP contribution in [0.2, 0.25) is 0 Å². The Bertz CT molecular complexity index is 687. The monoisotopic (exact) mass is 257 g/mol. The number of ether oxygens (including phenoxy) is 1. The Morgan fingerprint density at radius 1 is 1.37 bits per heavy atom. The van der Waals surface area contributed by atoms with E-state index >= 15 is 0 Å². The quantitative estimate of drug-likeness (QED) is 0.718. The first-order chi connectivity index (χ1) is 9.29. The SMILES string of the molecule is CCOC(C)n1cc(-c2ncnn3cccc23)cn1. The summed E-state index contributed by atoms with van der Waals surface area (Å²) in [6.07, 6.45) is 7.10. The van der Waals surface area contributed by atoms with E-state index < -0.39 is 0 Å². The normalized spacial score (nSPS) is 12.9. The number of fused-ring (bicyclic) bond motifs is 1. The fourth-order valence-corrected chi connectivity index (χ4v) is 2.06. The van der Waals surface area contributed by atoms with E-state index in [4.69, 9.17) is 4.74 Å². The van der Waals surface area contributed by atoms with Gasteiger partial charge in [-0.25, -0.2) is 14.2 Å². The Labute approximate surface area is 110 Å². The molecule has 0 aromatic carbocycles. The third kappa shape index (κ3) is 2.10. The van der Waals surface area contributed by atoms with Crippen molar-refractivity contribution in [2.24, 2.45) is 0 Å². The molecule has 98 valence electrons. The Balaban J connectivity index is 2.00. The average Bonchev–Trinajstić information content (AvgIpc) is 3.07. The van der Waals surface area contributed by atoms with Crippen LogP contribution < -0.4 is 0 Å². The van der Waals surface area contributed by atoms with Crippen LogP contribution in [0.5, 0.6) is 0 Å². The van der Waals surface area contributed by atoms with Gasteiger partial charge < -0.3 is 4.74 Å². The summed E-state index contributed by atoms with van der Waals surface area (Å²) in [6.45, 7) is 4.59. The lowest BCUT2D eigenvalue weighted by Crippen LogP contribution is -2.09. The molecule has 0 bridgehead atoms. The van der Waals surface area contributed by atoms with Crippen molar-refractivity contribution in [3.05, 3.63) is 37.1 Å². The smallest absolute Gasteiger partial charge is 0.147 e. The van der Waals surface area contributed by atoms with Crippen molar-refractivity contribution >= 4 is 5.52 Å². The molecule has 3 aromatic rings. The van der Waals surface area contributed by atoms with Crippen molar-refractivity contribution in [2.45, 2.75) is 20.1 Å². The Morgan fingerprint density at radius 3 is 3.11 bits per heavy atom. The van der Waals surface area contributed by atoms with Crippen molar-refractivity contribution < 1.29 is 4.74 Å². The van der Waals surface area contributed by atoms with E-state index in [9.17, 15) is 0 Å². The van der Waals surface area contributed by atoms with E-state index in [1.807, 2.05) is 38.4 Å². The van der Waals surface area contributed by atoms with Gasteiger partial charge in [0.05, 0.1) is 11.7 Å². The molecular formula is C13H15N5O. The van der Waals surface area contributed by atoms with Crippen LogP contribution in [0.3, 0.4) is 0 Å². The van der Waals surface area contributed by atoms with Gasteiger partial charge in [0.1, 0.15) is 18.2 Å². The van der Waals surface area contributed by atoms with Gasteiger partial charge in [0, 0.05) is 24.6 Å². The Morgan fingerprint density at radius 2 is 2.26 bits per heavy atom. The second kappa shape index (κ2) is 4.81. The minimum atomic E-state index is -0.0802. The molecule has 0 amide bonds. The van der Waals surface area contributed by atoms with Crippen molar-refractivity contribution in [1.29, 1.82) is 0 Å². The summed E-state index contributed by atoms with van der Waals surface area (Å²) in [7, 11) is 0. The van der Waals surface area contributed by atoms with E-state index in [2.05, 4.69) is 15.2 Å². The van der Waals surface area contributed by atoms with E-state index in [1.165, 1.54) is 0 Å². The topological polar surface area (TPSA) is 57.2 Å². The van der Waals surface area contributed by atoms with Crippen LogP contribution in [0.15, 0.2) is 37.1 Å². The largest absolute Gasteiger partial charge is 0.357 e. The molecular weight excluding hydrogens is 242 g/mol. The lowest BCUT2D eigenvalue weighted by molar-refractivity contribution is 0.0160. The zero-order valence-corrected chi connectivity index (χ0v) is 10.9. The van der Waals surface area contributed by atoms with Gasteiger partial charge in [-0.05, 0) is 26.0 Å². The minimum absolute atomic E-state index is 0.0802. The molecule has 0 fully saturated rings. The predicted octanol–water partition coefficient (Wildman–Crippen LogP) is 2.15. The molecule has 0 spiro atoms. The Kier molecular flexibility index (Phi) is 3.00. The maximum absolute atomic E-state index is 5.51. The molecule has 6 heteroatoms. The molecule has 1 unspecified atom stereocenters. The first kappa shape index (κ1) is 11.9. The number of hydrogen-bond acceptors (Lipinski definition) is 4. The molecule has 0 saturated carbocycles. The summed E-state index contributed by atoms with van der Waals surface area (Å²) in [6, 6.07) is 3.93. The maximum atomic E-state index is 5.51. The summed E-state index contributed by atoms with van der Waals surface area (Å²) >= 11 is 0. The highest BCUT2D eigenvalue weighted by atomic mass is 16.5. The van der Waals surface area contributed by atoms with Gasteiger partial charge in [-0.1, -0.05) is 0 Å². The zero-order valence-electron chi connectivity index (χ0n) is 10.9. The number of rotatable bonds is 4. The summed E-state index contributed by atoms with van der Waals surface area (Å²) in [5.41, 5.74) is 2.79. The summed E-state index contributed by atoms with van der Waals surface area (Å²) in [5.74, 6) is 0. The van der Waals surface area contributed by atoms with Gasteiger partial charge in [-0.3, -0.25) is 0 Å². The van der Waals surface area contributed by atoms with Gasteiger partial charge >= 0.3 is 0 Å². The van der Waals surface area contributed by atoms with Crippen molar-refractivity contribution in [2.75, 3.05) is 6.61 Å². The van der Waals surface area contributed by atoms with Crippen LogP contribution >= 0.6 is 0 Å². The first-order valence-corrected chi connectivity index (χ1v) is 6.24. The molecule has 0 saturated heterocycles. The summed E-state index contributed by atoms with van der Waals surface area (Å²) in [5, 5.41) is 8.48. The van der Waals surface area contributed by atoms with E-state index in [0.29, 0.717) is 6.61 Å². The summed E-state index contributed by atoms with van der Waals surface area (Å²) < 4.78 is 9.10. The molecule has 1 atom stereocenters. The Hall–Kier alpha value is -2.21. The van der Waals surface area contributed by atoms with Crippen LogP contribution in [0.1, 0.15) is 20.1 Å². The maximum Gasteiger partial charge on any atom is 0.147 e. The lowest BCUT2D eigenvalue weighted by Gasteiger charge is -2.11. The highest BCUT2D eigenvalue weighted by molar-refractivity contribution is 5.75. The van der Waals surface area contributed by atoms with Crippen molar-refractivity contribution in [1.82, 2.24) is 24.4 Å². The van der Waals surface area contributed by atoms with Crippen LogP contribution in [0.4, 0.5) is 0 Å². The highest BCUT2D eigenvalue weighted by Crippen LogP contribution is 2.22. The van der Waals surface area contributed by atoms with Gasteiger partial charge in [-0.2, -0.15) is 10.2 Å². The third-order valence-electron chi connectivity index (χ3n) is 2.99. The standard InChI is InChI=1S/C13H15N5O/c1-3-19-10(2)18-8-11(7-15-18)13-12-5-4-6-17(12)16-9-14-13/h4-10H,3H2,1-2H3. The van der Waals surface area contributed by atoms with Crippen LogP contribution in [0.25, 0.3) is 16.8 Å². The van der Waals surface area contributed by atoms with E-state index in [0.717, 1.165) is 16.8 Å². The van der Waals surface area contributed by atoms with E-state index in [-0.39, 0.29) is 6.23 Å². The molecule has 6 nitrogen and oxygen atoms in total. The first-order valence-electron chi connectivity index (χ1n) is 6.24. The lowest BCUT2D eigenvalue weighted by atomic mass is 10.2. The number of aromatic nitrogens is 5. The molecule has 3 aromatic heterocycles. The molecule has 3 heterocycles. The second-order valence-electron chi connectivity index (χ2n) is 4.21. The fraction of sp³-hybridized carbons (Fsp3) is 0.308. The van der Waals surface area contributed by atoms with Crippen LogP contribution in [-0.2, 0) is 4.74 Å². The summed E-state index contributed by atoms with van der Waals surface area (Å²) in [4.78, 5) is 4.34. The average molecular weight is 257 g/mol. The van der Waals surface area contributed by atoms with Crippen molar-refractivity contribution in [3.63, 3.8) is 0 Å². The number of nitrogens with zero attached hydrogens (tertiary/aromatic N) is 5. The molecule has 19 heavy (non-hydrogen) atoms. The van der Waals surface area contributed by atoms with Gasteiger partial charge in [0.25, 0.3) is 0 Å². The van der Waals surface area contributed by atoms with Gasteiger partial charge in [-0.15, -0.1) is 0 Å². The molecule has 0 aliphatic rings. The van der Waals surface area contributed by atoms with Crippen molar-refractivity contribution in [3.8, 4) is 11.3 Å². The molecule has 3 rings (SSSR count). The third-order valence-corrected chi connectivity index (χ3v) is 2.99. The molecule has 0 aliphatic carbocycles. The van der Waals surface area contributed by atoms with Crippen LogP contribution in [0, 0.1) is 0 Å². The van der Waals surface area contributed by atoms with Crippen LogP contribution in [-0.4, -0.2) is 31.0 Å². The number of hydrogen-bond donors (Lipinski definition) is 0. The zero-order chi connectivity index (χ0) is 13.2. The molecule has 0 N–H and O–H groups in total. The highest BCUT2D eigenvalue weighted by Gasteiger charge is 2.11.